The molecule has 0 bridgehead atoms. The second kappa shape index (κ2) is 7.51. The topological polar surface area (TPSA) is 97.1 Å². The van der Waals surface area contributed by atoms with Crippen LogP contribution in [0.3, 0.4) is 0 Å². The summed E-state index contributed by atoms with van der Waals surface area (Å²) in [6.45, 7) is 2.32. The van der Waals surface area contributed by atoms with Crippen LogP contribution in [-0.2, 0) is 0 Å². The highest BCUT2D eigenvalue weighted by Crippen LogP contribution is 2.17. The van der Waals surface area contributed by atoms with Crippen molar-refractivity contribution in [3.05, 3.63) is 50.8 Å². The fourth-order valence-electron chi connectivity index (χ4n) is 2.17. The van der Waals surface area contributed by atoms with Crippen LogP contribution in [0.25, 0.3) is 0 Å². The lowest BCUT2D eigenvalue weighted by molar-refractivity contribution is 0.0938. The van der Waals surface area contributed by atoms with E-state index in [2.05, 4.69) is 46.6 Å². The molecule has 130 valence electrons. The number of pyridine rings is 1. The highest BCUT2D eigenvalue weighted by atomic mass is 79.9. The van der Waals surface area contributed by atoms with Gasteiger partial charge in [0.15, 0.2) is 5.82 Å². The van der Waals surface area contributed by atoms with Crippen LogP contribution in [0.2, 0.25) is 10.3 Å². The monoisotopic (exact) mass is 443 g/mol. The molecule has 2 aromatic rings. The number of halogens is 3. The molecule has 1 aliphatic heterocycles. The maximum absolute atomic E-state index is 12.4. The Bertz CT molecular complexity index is 860. The van der Waals surface area contributed by atoms with E-state index in [1.807, 2.05) is 6.08 Å². The van der Waals surface area contributed by atoms with E-state index in [0.29, 0.717) is 28.6 Å². The van der Waals surface area contributed by atoms with Gasteiger partial charge in [-0.15, -0.1) is 5.10 Å². The number of nitrogens with one attached hydrogen (secondary N) is 2. The molecule has 0 radical (unpaired) electrons. The number of carbonyl (C=O) groups excluding carboxylic acids is 1. The molecule has 1 atom stereocenters. The van der Waals surface area contributed by atoms with Crippen molar-refractivity contribution in [1.29, 1.82) is 0 Å². The first-order valence-electron chi connectivity index (χ1n) is 7.17. The molecule has 2 aromatic heterocycles. The van der Waals surface area contributed by atoms with E-state index < -0.39 is 6.04 Å². The summed E-state index contributed by atoms with van der Waals surface area (Å²) in [5.74, 6) is 0.669. The highest BCUT2D eigenvalue weighted by Gasteiger charge is 2.21. The molecule has 0 saturated heterocycles. The summed E-state index contributed by atoms with van der Waals surface area (Å²) in [5, 5.41) is 10.4. The third-order valence-corrected chi connectivity index (χ3v) is 3.97. The second-order valence-corrected chi connectivity index (χ2v) is 6.54. The summed E-state index contributed by atoms with van der Waals surface area (Å²) in [5.41, 5.74) is 0.304. The molecule has 0 spiro atoms. The van der Waals surface area contributed by atoms with Gasteiger partial charge in [-0.2, -0.15) is 4.68 Å². The SMILES string of the molecule is CC(NC(=O)c1cc(Cl)nc(Cl)c1)c1nc(Br)nn1C1=NCC=CN1. The van der Waals surface area contributed by atoms with Crippen molar-refractivity contribution < 1.29 is 4.79 Å². The van der Waals surface area contributed by atoms with E-state index >= 15 is 0 Å². The molecule has 11 heteroatoms. The lowest BCUT2D eigenvalue weighted by atomic mass is 10.2. The number of carbonyl (C=O) groups is 1. The molecule has 1 unspecified atom stereocenters. The first-order valence-corrected chi connectivity index (χ1v) is 8.71. The van der Waals surface area contributed by atoms with E-state index in [-0.39, 0.29) is 16.2 Å². The zero-order valence-electron chi connectivity index (χ0n) is 12.9. The van der Waals surface area contributed by atoms with Crippen molar-refractivity contribution in [2.24, 2.45) is 4.99 Å². The first kappa shape index (κ1) is 17.8. The predicted molar refractivity (Wildman–Crippen MR) is 97.8 cm³/mol. The van der Waals surface area contributed by atoms with Crippen LogP contribution in [0.1, 0.15) is 29.1 Å². The van der Waals surface area contributed by atoms with Gasteiger partial charge in [0.2, 0.25) is 10.7 Å². The summed E-state index contributed by atoms with van der Waals surface area (Å²) in [7, 11) is 0. The number of nitrogens with zero attached hydrogens (tertiary/aromatic N) is 5. The van der Waals surface area contributed by atoms with Crippen LogP contribution in [0, 0.1) is 0 Å². The van der Waals surface area contributed by atoms with Gasteiger partial charge in [0.25, 0.3) is 5.91 Å². The Balaban J connectivity index is 1.82. The molecular weight excluding hydrogens is 433 g/mol. The molecule has 0 aliphatic carbocycles. The normalized spacial score (nSPS) is 14.6. The number of amides is 1. The van der Waals surface area contributed by atoms with E-state index in [4.69, 9.17) is 23.2 Å². The number of aromatic nitrogens is 4. The molecule has 0 fully saturated rings. The number of rotatable bonds is 3. The third kappa shape index (κ3) is 4.17. The number of hydrogen-bond acceptors (Lipinski definition) is 6. The van der Waals surface area contributed by atoms with Crippen molar-refractivity contribution >= 4 is 51.0 Å². The van der Waals surface area contributed by atoms with Gasteiger partial charge in [-0.25, -0.2) is 15.0 Å². The lowest BCUT2D eigenvalue weighted by Crippen LogP contribution is -2.35. The summed E-state index contributed by atoms with van der Waals surface area (Å²) in [6, 6.07) is 2.42. The molecule has 1 aliphatic rings. The van der Waals surface area contributed by atoms with Crippen molar-refractivity contribution in [2.45, 2.75) is 13.0 Å². The Morgan fingerprint density at radius 3 is 2.72 bits per heavy atom. The van der Waals surface area contributed by atoms with Gasteiger partial charge >= 0.3 is 0 Å². The zero-order valence-corrected chi connectivity index (χ0v) is 16.0. The smallest absolute Gasteiger partial charge is 0.252 e. The average Bonchev–Trinajstić information content (AvgIpc) is 2.97. The second-order valence-electron chi connectivity index (χ2n) is 5.06. The minimum atomic E-state index is -0.451. The summed E-state index contributed by atoms with van der Waals surface area (Å²) < 4.78 is 1.92. The minimum Gasteiger partial charge on any atom is -0.342 e. The van der Waals surface area contributed by atoms with Crippen LogP contribution in [-0.4, -0.2) is 38.2 Å². The lowest BCUT2D eigenvalue weighted by Gasteiger charge is -2.16. The van der Waals surface area contributed by atoms with Gasteiger partial charge < -0.3 is 10.6 Å². The van der Waals surface area contributed by atoms with Gasteiger partial charge in [0, 0.05) is 11.8 Å². The van der Waals surface area contributed by atoms with Gasteiger partial charge in [0.05, 0.1) is 12.6 Å². The first-order chi connectivity index (χ1) is 11.9. The fourth-order valence-corrected chi connectivity index (χ4v) is 2.97. The molecular formula is C14H12BrCl2N7O. The summed E-state index contributed by atoms with van der Waals surface area (Å²) >= 11 is 14.9. The Hall–Kier alpha value is -1.97. The molecule has 3 heterocycles. The molecule has 1 amide bonds. The Kier molecular flexibility index (Phi) is 5.36. The molecule has 25 heavy (non-hydrogen) atoms. The van der Waals surface area contributed by atoms with Crippen LogP contribution < -0.4 is 10.6 Å². The Morgan fingerprint density at radius 1 is 1.36 bits per heavy atom. The quantitative estimate of drug-likeness (QED) is 0.709. The van der Waals surface area contributed by atoms with Crippen LogP contribution in [0.5, 0.6) is 0 Å². The Labute approximate surface area is 161 Å². The van der Waals surface area contributed by atoms with Crippen LogP contribution in [0.15, 0.2) is 34.1 Å². The van der Waals surface area contributed by atoms with E-state index in [9.17, 15) is 4.79 Å². The maximum atomic E-state index is 12.4. The molecule has 8 nitrogen and oxygen atoms in total. The molecule has 0 aromatic carbocycles. The van der Waals surface area contributed by atoms with Gasteiger partial charge in [-0.05, 0) is 41.1 Å². The largest absolute Gasteiger partial charge is 0.342 e. The van der Waals surface area contributed by atoms with Crippen molar-refractivity contribution in [2.75, 3.05) is 6.54 Å². The number of hydrogen-bond donors (Lipinski definition) is 2. The van der Waals surface area contributed by atoms with Gasteiger partial charge in [-0.3, -0.25) is 4.79 Å². The van der Waals surface area contributed by atoms with Crippen molar-refractivity contribution in [3.8, 4) is 0 Å². The predicted octanol–water partition coefficient (Wildman–Crippen LogP) is 2.55. The standard InChI is InChI=1S/C14H12BrCl2N7O/c1-7(20-12(25)8-5-9(16)21-10(17)6-8)11-22-13(15)23-24(11)14-18-3-2-4-19-14/h2-3,5-7H,4H2,1H3,(H,18,19)(H,20,25). The molecule has 0 saturated carbocycles. The van der Waals surface area contributed by atoms with Gasteiger partial charge in [-0.1, -0.05) is 23.2 Å². The van der Waals surface area contributed by atoms with E-state index in [1.54, 1.807) is 13.1 Å². The summed E-state index contributed by atoms with van der Waals surface area (Å²) in [6.07, 6.45) is 3.64. The average molecular weight is 445 g/mol. The summed E-state index contributed by atoms with van der Waals surface area (Å²) in [4.78, 5) is 24.9. The highest BCUT2D eigenvalue weighted by molar-refractivity contribution is 9.10. The van der Waals surface area contributed by atoms with Crippen molar-refractivity contribution in [1.82, 2.24) is 30.4 Å². The van der Waals surface area contributed by atoms with E-state index in [0.717, 1.165) is 0 Å². The number of aliphatic imine (C=N–C) groups is 1. The third-order valence-electron chi connectivity index (χ3n) is 3.24. The maximum Gasteiger partial charge on any atom is 0.252 e. The fraction of sp³-hybridized carbons (Fsp3) is 0.214. The van der Waals surface area contributed by atoms with Crippen LogP contribution in [0.4, 0.5) is 0 Å². The van der Waals surface area contributed by atoms with Crippen molar-refractivity contribution in [3.63, 3.8) is 0 Å². The minimum absolute atomic E-state index is 0.142. The zero-order chi connectivity index (χ0) is 18.0. The van der Waals surface area contributed by atoms with E-state index in [1.165, 1.54) is 16.8 Å². The molecule has 2 N–H and O–H groups in total. The Morgan fingerprint density at radius 2 is 2.08 bits per heavy atom. The van der Waals surface area contributed by atoms with Gasteiger partial charge in [0.1, 0.15) is 10.3 Å². The van der Waals surface area contributed by atoms with Crippen LogP contribution >= 0.6 is 39.1 Å². The molecule has 3 rings (SSSR count).